The van der Waals surface area contributed by atoms with Crippen molar-refractivity contribution in [2.24, 2.45) is 5.92 Å². The van der Waals surface area contributed by atoms with Crippen LogP contribution in [0.3, 0.4) is 0 Å². The van der Waals surface area contributed by atoms with Crippen LogP contribution < -0.4 is 0 Å². The summed E-state index contributed by atoms with van der Waals surface area (Å²) in [7, 11) is 0. The number of alkyl halides is 3. The van der Waals surface area contributed by atoms with E-state index in [-0.39, 0.29) is 6.42 Å². The first-order chi connectivity index (χ1) is 8.00. The number of carbonyl (C=O) groups is 1. The first kappa shape index (κ1) is 12.1. The van der Waals surface area contributed by atoms with Crippen LogP contribution in [0.5, 0.6) is 0 Å². The second-order valence-electron chi connectivity index (χ2n) is 4.39. The van der Waals surface area contributed by atoms with Gasteiger partial charge in [-0.1, -0.05) is 36.8 Å². The Labute approximate surface area is 97.6 Å². The van der Waals surface area contributed by atoms with Crippen molar-refractivity contribution >= 4 is 5.78 Å². The minimum atomic E-state index is -4.40. The lowest BCUT2D eigenvalue weighted by Crippen LogP contribution is -2.37. The maximum absolute atomic E-state index is 12.7. The second-order valence-corrected chi connectivity index (χ2v) is 4.39. The van der Waals surface area contributed by atoms with Crippen molar-refractivity contribution in [1.29, 1.82) is 0 Å². The fourth-order valence-corrected chi connectivity index (χ4v) is 2.39. The average molecular weight is 242 g/mol. The predicted octanol–water partition coefficient (Wildman–Crippen LogP) is 3.70. The van der Waals surface area contributed by atoms with Gasteiger partial charge in [-0.15, -0.1) is 0 Å². The summed E-state index contributed by atoms with van der Waals surface area (Å²) in [5, 5.41) is 0. The summed E-state index contributed by atoms with van der Waals surface area (Å²) in [6, 6.07) is 8.74. The van der Waals surface area contributed by atoms with Crippen LogP contribution in [0.2, 0.25) is 0 Å². The van der Waals surface area contributed by atoms with Gasteiger partial charge >= 0.3 is 6.18 Å². The third kappa shape index (κ3) is 2.51. The van der Waals surface area contributed by atoms with Crippen molar-refractivity contribution in [3.05, 3.63) is 35.9 Å². The largest absolute Gasteiger partial charge is 0.398 e. The Kier molecular flexibility index (Phi) is 3.22. The molecule has 1 fully saturated rings. The van der Waals surface area contributed by atoms with Gasteiger partial charge in [0.25, 0.3) is 0 Å². The maximum Gasteiger partial charge on any atom is 0.398 e. The van der Waals surface area contributed by atoms with Crippen molar-refractivity contribution in [2.75, 3.05) is 0 Å². The standard InChI is InChI=1S/C13H13F3O/c14-13(15,16)11-8-4-7-10(12(11)17)9-5-2-1-3-6-9/h1-3,5-6,10-11H,4,7-8H2. The quantitative estimate of drug-likeness (QED) is 0.733. The molecule has 0 aromatic heterocycles. The fourth-order valence-electron chi connectivity index (χ4n) is 2.39. The van der Waals surface area contributed by atoms with E-state index in [2.05, 4.69) is 0 Å². The summed E-state index contributed by atoms with van der Waals surface area (Å²) in [5.74, 6) is -3.03. The average Bonchev–Trinajstić information content (AvgIpc) is 2.29. The summed E-state index contributed by atoms with van der Waals surface area (Å²) in [4.78, 5) is 11.9. The number of carbonyl (C=O) groups excluding carboxylic acids is 1. The van der Waals surface area contributed by atoms with Gasteiger partial charge in [-0.05, 0) is 18.4 Å². The summed E-state index contributed by atoms with van der Waals surface area (Å²) in [5.41, 5.74) is 0.700. The molecule has 0 aliphatic heterocycles. The third-order valence-electron chi connectivity index (χ3n) is 3.27. The summed E-state index contributed by atoms with van der Waals surface area (Å²) < 4.78 is 38.0. The van der Waals surface area contributed by atoms with Crippen LogP contribution in [0.4, 0.5) is 13.2 Å². The van der Waals surface area contributed by atoms with Crippen LogP contribution >= 0.6 is 0 Å². The highest BCUT2D eigenvalue weighted by Crippen LogP contribution is 2.40. The van der Waals surface area contributed by atoms with E-state index >= 15 is 0 Å². The van der Waals surface area contributed by atoms with Crippen molar-refractivity contribution in [2.45, 2.75) is 31.4 Å². The molecule has 0 radical (unpaired) electrons. The van der Waals surface area contributed by atoms with E-state index in [1.165, 1.54) is 0 Å². The number of hydrogen-bond donors (Lipinski definition) is 0. The molecule has 0 heterocycles. The SMILES string of the molecule is O=C1C(c2ccccc2)CCCC1C(F)(F)F. The first-order valence-electron chi connectivity index (χ1n) is 5.65. The van der Waals surface area contributed by atoms with Gasteiger partial charge in [-0.25, -0.2) is 0 Å². The van der Waals surface area contributed by atoms with Gasteiger partial charge in [0, 0.05) is 5.92 Å². The molecule has 2 rings (SSSR count). The number of halogens is 3. The van der Waals surface area contributed by atoms with Crippen LogP contribution in [0.25, 0.3) is 0 Å². The highest BCUT2D eigenvalue weighted by molar-refractivity contribution is 5.89. The van der Waals surface area contributed by atoms with Crippen molar-refractivity contribution < 1.29 is 18.0 Å². The van der Waals surface area contributed by atoms with Gasteiger partial charge in [0.15, 0.2) is 5.78 Å². The monoisotopic (exact) mass is 242 g/mol. The molecule has 1 saturated carbocycles. The van der Waals surface area contributed by atoms with Crippen LogP contribution in [0, 0.1) is 5.92 Å². The molecular weight excluding hydrogens is 229 g/mol. The third-order valence-corrected chi connectivity index (χ3v) is 3.27. The molecule has 0 saturated heterocycles. The summed E-state index contributed by atoms with van der Waals surface area (Å²) >= 11 is 0. The molecule has 0 spiro atoms. The molecule has 1 aliphatic rings. The fraction of sp³-hybridized carbons (Fsp3) is 0.462. The molecule has 1 aromatic rings. The zero-order valence-corrected chi connectivity index (χ0v) is 9.20. The summed E-state index contributed by atoms with van der Waals surface area (Å²) in [6.07, 6.45) is -3.49. The molecule has 2 unspecified atom stereocenters. The minimum absolute atomic E-state index is 0.0638. The molecular formula is C13H13F3O. The van der Waals surface area contributed by atoms with Gasteiger partial charge < -0.3 is 0 Å². The lowest BCUT2D eigenvalue weighted by Gasteiger charge is -2.29. The lowest BCUT2D eigenvalue weighted by atomic mass is 9.76. The maximum atomic E-state index is 12.7. The minimum Gasteiger partial charge on any atom is -0.298 e. The molecule has 2 atom stereocenters. The zero-order chi connectivity index (χ0) is 12.5. The van der Waals surface area contributed by atoms with Gasteiger partial charge in [-0.3, -0.25) is 4.79 Å². The molecule has 0 amide bonds. The van der Waals surface area contributed by atoms with E-state index in [1.807, 2.05) is 0 Å². The van der Waals surface area contributed by atoms with E-state index in [0.29, 0.717) is 18.4 Å². The lowest BCUT2D eigenvalue weighted by molar-refractivity contribution is -0.186. The van der Waals surface area contributed by atoms with E-state index in [4.69, 9.17) is 0 Å². The van der Waals surface area contributed by atoms with Gasteiger partial charge in [0.05, 0.1) is 0 Å². The van der Waals surface area contributed by atoms with E-state index in [1.54, 1.807) is 30.3 Å². The molecule has 4 heteroatoms. The zero-order valence-electron chi connectivity index (χ0n) is 9.20. The number of ketones is 1. The Bertz CT molecular complexity index is 397. The van der Waals surface area contributed by atoms with Crippen molar-refractivity contribution in [3.8, 4) is 0 Å². The Balaban J connectivity index is 2.23. The van der Waals surface area contributed by atoms with Crippen LogP contribution in [-0.4, -0.2) is 12.0 Å². The van der Waals surface area contributed by atoms with Crippen LogP contribution in [0.1, 0.15) is 30.7 Å². The number of hydrogen-bond acceptors (Lipinski definition) is 1. The Morgan fingerprint density at radius 2 is 1.71 bits per heavy atom. The highest BCUT2D eigenvalue weighted by Gasteiger charge is 2.48. The van der Waals surface area contributed by atoms with Crippen molar-refractivity contribution in [1.82, 2.24) is 0 Å². The molecule has 1 aromatic carbocycles. The smallest absolute Gasteiger partial charge is 0.298 e. The number of benzene rings is 1. The van der Waals surface area contributed by atoms with Crippen LogP contribution in [0.15, 0.2) is 30.3 Å². The first-order valence-corrected chi connectivity index (χ1v) is 5.65. The van der Waals surface area contributed by atoms with Gasteiger partial charge in [0.1, 0.15) is 5.92 Å². The summed E-state index contributed by atoms with van der Waals surface area (Å²) in [6.45, 7) is 0. The van der Waals surface area contributed by atoms with E-state index in [9.17, 15) is 18.0 Å². The Morgan fingerprint density at radius 1 is 1.06 bits per heavy atom. The van der Waals surface area contributed by atoms with Crippen molar-refractivity contribution in [3.63, 3.8) is 0 Å². The second kappa shape index (κ2) is 4.51. The normalized spacial score (nSPS) is 25.9. The number of Topliss-reactive ketones (excluding diaryl/α,β-unsaturated/α-hetero) is 1. The van der Waals surface area contributed by atoms with Gasteiger partial charge in [-0.2, -0.15) is 13.2 Å². The van der Waals surface area contributed by atoms with E-state index < -0.39 is 23.8 Å². The molecule has 1 nitrogen and oxygen atoms in total. The molecule has 0 N–H and O–H groups in total. The van der Waals surface area contributed by atoms with Crippen LogP contribution in [-0.2, 0) is 4.79 Å². The Morgan fingerprint density at radius 3 is 2.29 bits per heavy atom. The molecule has 92 valence electrons. The molecule has 17 heavy (non-hydrogen) atoms. The molecule has 0 bridgehead atoms. The van der Waals surface area contributed by atoms with E-state index in [0.717, 1.165) is 0 Å². The molecule has 1 aliphatic carbocycles. The van der Waals surface area contributed by atoms with Gasteiger partial charge in [0.2, 0.25) is 0 Å². The predicted molar refractivity (Wildman–Crippen MR) is 57.6 cm³/mol. The topological polar surface area (TPSA) is 17.1 Å². The highest BCUT2D eigenvalue weighted by atomic mass is 19.4. The Hall–Kier alpha value is -1.32. The number of rotatable bonds is 1.